The molecule has 0 spiro atoms. The normalized spacial score (nSPS) is 16.7. The van der Waals surface area contributed by atoms with Crippen molar-refractivity contribution in [3.63, 3.8) is 0 Å². The van der Waals surface area contributed by atoms with Gasteiger partial charge in [0, 0.05) is 23.7 Å². The summed E-state index contributed by atoms with van der Waals surface area (Å²) in [4.78, 5) is 18.4. The fourth-order valence-corrected chi connectivity index (χ4v) is 4.42. The highest BCUT2D eigenvalue weighted by Gasteiger charge is 2.26. The molecule has 2 aromatic carbocycles. The molecule has 4 heteroatoms. The number of thioether (sulfide) groups is 1. The Hall–Kier alpha value is -1.94. The number of nitrogens with zero attached hydrogens (tertiary/aromatic N) is 2. The Morgan fingerprint density at radius 3 is 2.70 bits per heavy atom. The van der Waals surface area contributed by atoms with E-state index in [9.17, 15) is 4.79 Å². The lowest BCUT2D eigenvalue weighted by molar-refractivity contribution is -0.117. The zero-order chi connectivity index (χ0) is 15.6. The van der Waals surface area contributed by atoms with Crippen molar-refractivity contribution in [2.24, 2.45) is 0 Å². The molecule has 0 saturated carbocycles. The first-order chi connectivity index (χ1) is 11.3. The van der Waals surface area contributed by atoms with E-state index in [1.165, 1.54) is 16.1 Å². The van der Waals surface area contributed by atoms with Crippen molar-refractivity contribution >= 4 is 29.0 Å². The fourth-order valence-electron chi connectivity index (χ4n) is 3.41. The number of hydrogen-bond acceptors (Lipinski definition) is 3. The van der Waals surface area contributed by atoms with Crippen LogP contribution in [0, 0.1) is 0 Å². The van der Waals surface area contributed by atoms with E-state index < -0.39 is 0 Å². The van der Waals surface area contributed by atoms with E-state index in [-0.39, 0.29) is 5.91 Å². The number of carbonyl (C=O) groups is 1. The Morgan fingerprint density at radius 1 is 1.00 bits per heavy atom. The third kappa shape index (κ3) is 2.83. The molecule has 4 rings (SSSR count). The van der Waals surface area contributed by atoms with E-state index in [1.807, 2.05) is 22.7 Å². The van der Waals surface area contributed by atoms with Crippen molar-refractivity contribution in [2.45, 2.75) is 17.7 Å². The Balaban J connectivity index is 1.56. The van der Waals surface area contributed by atoms with Crippen LogP contribution in [-0.4, -0.2) is 31.3 Å². The molecule has 2 aliphatic rings. The van der Waals surface area contributed by atoms with Crippen molar-refractivity contribution in [3.8, 4) is 0 Å². The molecule has 0 unspecified atom stereocenters. The van der Waals surface area contributed by atoms with Gasteiger partial charge < -0.3 is 9.80 Å². The SMILES string of the molecule is O=C(CN1CCCSc2ccccc21)N1CCc2ccccc21. The second-order valence-electron chi connectivity index (χ2n) is 6.02. The molecule has 23 heavy (non-hydrogen) atoms. The number of anilines is 2. The maximum Gasteiger partial charge on any atom is 0.246 e. The van der Waals surface area contributed by atoms with E-state index >= 15 is 0 Å². The topological polar surface area (TPSA) is 23.6 Å². The van der Waals surface area contributed by atoms with Gasteiger partial charge in [-0.15, -0.1) is 11.8 Å². The lowest BCUT2D eigenvalue weighted by atomic mass is 10.2. The molecule has 0 atom stereocenters. The molecule has 0 N–H and O–H groups in total. The molecule has 0 saturated heterocycles. The van der Waals surface area contributed by atoms with Crippen LogP contribution in [0.4, 0.5) is 11.4 Å². The van der Waals surface area contributed by atoms with Crippen molar-refractivity contribution in [1.29, 1.82) is 0 Å². The maximum absolute atomic E-state index is 12.9. The quantitative estimate of drug-likeness (QED) is 0.843. The molecular weight excluding hydrogens is 304 g/mol. The zero-order valence-electron chi connectivity index (χ0n) is 13.1. The Kier molecular flexibility index (Phi) is 4.00. The molecule has 3 nitrogen and oxygen atoms in total. The standard InChI is InChI=1S/C19H20N2OS/c22-19(21-12-10-15-6-1-2-7-16(15)21)14-20-11-5-13-23-18-9-4-3-8-17(18)20/h1-4,6-9H,5,10-14H2. The van der Waals surface area contributed by atoms with Crippen LogP contribution in [0.15, 0.2) is 53.4 Å². The van der Waals surface area contributed by atoms with Gasteiger partial charge in [-0.2, -0.15) is 0 Å². The summed E-state index contributed by atoms with van der Waals surface area (Å²) in [6.07, 6.45) is 2.08. The smallest absolute Gasteiger partial charge is 0.246 e. The summed E-state index contributed by atoms with van der Waals surface area (Å²) in [5.74, 6) is 1.32. The number of hydrogen-bond donors (Lipinski definition) is 0. The van der Waals surface area contributed by atoms with Gasteiger partial charge >= 0.3 is 0 Å². The molecule has 0 aromatic heterocycles. The third-order valence-corrected chi connectivity index (χ3v) is 5.70. The van der Waals surface area contributed by atoms with Crippen LogP contribution < -0.4 is 9.80 Å². The highest BCUT2D eigenvalue weighted by Crippen LogP contribution is 2.34. The lowest BCUT2D eigenvalue weighted by Gasteiger charge is -2.27. The monoisotopic (exact) mass is 324 g/mol. The highest BCUT2D eigenvalue weighted by molar-refractivity contribution is 7.99. The molecule has 0 bridgehead atoms. The van der Waals surface area contributed by atoms with Gasteiger partial charge in [-0.1, -0.05) is 30.3 Å². The predicted octanol–water partition coefficient (Wildman–Crippen LogP) is 3.58. The first-order valence-electron chi connectivity index (χ1n) is 8.18. The van der Waals surface area contributed by atoms with Crippen LogP contribution >= 0.6 is 11.8 Å². The van der Waals surface area contributed by atoms with Gasteiger partial charge in [-0.25, -0.2) is 0 Å². The number of benzene rings is 2. The van der Waals surface area contributed by atoms with Crippen molar-refractivity contribution in [1.82, 2.24) is 0 Å². The third-order valence-electron chi connectivity index (χ3n) is 4.55. The van der Waals surface area contributed by atoms with E-state index in [1.54, 1.807) is 0 Å². The molecule has 118 valence electrons. The predicted molar refractivity (Wildman–Crippen MR) is 96.5 cm³/mol. The Bertz CT molecular complexity index is 731. The summed E-state index contributed by atoms with van der Waals surface area (Å²) >= 11 is 1.89. The van der Waals surface area contributed by atoms with Crippen LogP contribution in [0.1, 0.15) is 12.0 Å². The van der Waals surface area contributed by atoms with Crippen LogP contribution in [-0.2, 0) is 11.2 Å². The number of amides is 1. The van der Waals surface area contributed by atoms with Gasteiger partial charge in [0.1, 0.15) is 0 Å². The number of rotatable bonds is 2. The van der Waals surface area contributed by atoms with Crippen LogP contribution in [0.3, 0.4) is 0 Å². The fraction of sp³-hybridized carbons (Fsp3) is 0.316. The lowest BCUT2D eigenvalue weighted by Crippen LogP contribution is -2.40. The molecule has 0 aliphatic carbocycles. The van der Waals surface area contributed by atoms with Crippen molar-refractivity contribution in [3.05, 3.63) is 54.1 Å². The van der Waals surface area contributed by atoms with E-state index in [0.717, 1.165) is 37.4 Å². The minimum absolute atomic E-state index is 0.205. The Morgan fingerprint density at radius 2 is 1.78 bits per heavy atom. The zero-order valence-corrected chi connectivity index (χ0v) is 13.9. The number of fused-ring (bicyclic) bond motifs is 2. The molecule has 2 heterocycles. The van der Waals surface area contributed by atoms with Gasteiger partial charge in [0.25, 0.3) is 0 Å². The average Bonchev–Trinajstić information content (AvgIpc) is 2.92. The van der Waals surface area contributed by atoms with Gasteiger partial charge in [-0.3, -0.25) is 4.79 Å². The average molecular weight is 324 g/mol. The van der Waals surface area contributed by atoms with E-state index in [2.05, 4.69) is 47.4 Å². The van der Waals surface area contributed by atoms with Gasteiger partial charge in [0.2, 0.25) is 5.91 Å². The minimum Gasteiger partial charge on any atom is -0.361 e. The summed E-state index contributed by atoms with van der Waals surface area (Å²) in [5, 5.41) is 0. The highest BCUT2D eigenvalue weighted by atomic mass is 32.2. The molecule has 0 fully saturated rings. The summed E-state index contributed by atoms with van der Waals surface area (Å²) in [6, 6.07) is 16.7. The van der Waals surface area contributed by atoms with Crippen molar-refractivity contribution < 1.29 is 4.79 Å². The molecular formula is C19H20N2OS. The van der Waals surface area contributed by atoms with Gasteiger partial charge in [0.05, 0.1) is 12.2 Å². The van der Waals surface area contributed by atoms with Crippen LogP contribution in [0.25, 0.3) is 0 Å². The number of para-hydroxylation sites is 2. The molecule has 2 aliphatic heterocycles. The second-order valence-corrected chi connectivity index (χ2v) is 7.15. The summed E-state index contributed by atoms with van der Waals surface area (Å²) < 4.78 is 0. The molecule has 1 amide bonds. The maximum atomic E-state index is 12.9. The van der Waals surface area contributed by atoms with Crippen LogP contribution in [0.2, 0.25) is 0 Å². The first kappa shape index (κ1) is 14.6. The van der Waals surface area contributed by atoms with Crippen LogP contribution in [0.5, 0.6) is 0 Å². The van der Waals surface area contributed by atoms with Gasteiger partial charge in [-0.05, 0) is 42.4 Å². The Labute approximate surface area is 141 Å². The summed E-state index contributed by atoms with van der Waals surface area (Å²) in [6.45, 7) is 2.22. The van der Waals surface area contributed by atoms with Crippen molar-refractivity contribution in [2.75, 3.05) is 35.2 Å². The van der Waals surface area contributed by atoms with Gasteiger partial charge in [0.15, 0.2) is 0 Å². The number of carbonyl (C=O) groups excluding carboxylic acids is 1. The second kappa shape index (κ2) is 6.28. The molecule has 2 aromatic rings. The molecule has 0 radical (unpaired) electrons. The summed E-state index contributed by atoms with van der Waals surface area (Å²) in [7, 11) is 0. The van der Waals surface area contributed by atoms with E-state index in [4.69, 9.17) is 0 Å². The first-order valence-corrected chi connectivity index (χ1v) is 9.16. The summed E-state index contributed by atoms with van der Waals surface area (Å²) in [5.41, 5.74) is 3.58. The largest absolute Gasteiger partial charge is 0.361 e. The minimum atomic E-state index is 0.205. The van der Waals surface area contributed by atoms with E-state index in [0.29, 0.717) is 6.54 Å².